The quantitative estimate of drug-likeness (QED) is 0.698. The first-order valence-electron chi connectivity index (χ1n) is 4.06. The molecule has 3 heteroatoms. The third kappa shape index (κ3) is 1.76. The van der Waals surface area contributed by atoms with Crippen molar-refractivity contribution >= 4 is 5.97 Å². The lowest BCUT2D eigenvalue weighted by atomic mass is 9.91. The van der Waals surface area contributed by atoms with Crippen molar-refractivity contribution in [3.63, 3.8) is 0 Å². The zero-order valence-electron chi connectivity index (χ0n) is 7.47. The van der Waals surface area contributed by atoms with Crippen LogP contribution in [-0.4, -0.2) is 16.2 Å². The summed E-state index contributed by atoms with van der Waals surface area (Å²) in [5, 5.41) is 18.7. The number of rotatable bonds is 3. The first kappa shape index (κ1) is 10.3. The fourth-order valence-electron chi connectivity index (χ4n) is 1.16. The zero-order valence-corrected chi connectivity index (χ0v) is 7.47. The lowest BCUT2D eigenvalue weighted by Gasteiger charge is -2.21. The maximum absolute atomic E-state index is 10.9. The van der Waals surface area contributed by atoms with Crippen LogP contribution >= 0.6 is 0 Å². The van der Waals surface area contributed by atoms with Crippen molar-refractivity contribution in [2.45, 2.75) is 12.0 Å². The molecule has 0 saturated heterocycles. The smallest absolute Gasteiger partial charge is 0.341 e. The number of carbonyl (C=O) groups is 1. The molecule has 14 heavy (non-hydrogen) atoms. The number of aliphatic carboxylic acids is 1. The summed E-state index contributed by atoms with van der Waals surface area (Å²) in [4.78, 5) is 10.9. The van der Waals surface area contributed by atoms with Gasteiger partial charge in [0, 0.05) is 0 Å². The molecule has 0 radical (unpaired) electrons. The third-order valence-corrected chi connectivity index (χ3v) is 1.96. The molecule has 0 aromatic heterocycles. The van der Waals surface area contributed by atoms with Gasteiger partial charge in [-0.05, 0) is 5.56 Å². The molecule has 0 heterocycles. The molecule has 0 aliphatic carbocycles. The highest BCUT2D eigenvalue weighted by atomic mass is 16.4. The molecule has 1 atom stereocenters. The average molecular weight is 190 g/mol. The van der Waals surface area contributed by atoms with E-state index in [1.165, 1.54) is 12.1 Å². The number of hydrogen-bond acceptors (Lipinski definition) is 2. The summed E-state index contributed by atoms with van der Waals surface area (Å²) in [7, 11) is 0. The number of benzene rings is 1. The lowest BCUT2D eigenvalue weighted by molar-refractivity contribution is -0.159. The first-order valence-corrected chi connectivity index (χ1v) is 4.06. The molecule has 0 saturated carbocycles. The molecular formula is C11H10O3. The van der Waals surface area contributed by atoms with Gasteiger partial charge >= 0.3 is 5.97 Å². The molecule has 72 valence electrons. The van der Waals surface area contributed by atoms with Crippen LogP contribution in [0.4, 0.5) is 0 Å². The van der Waals surface area contributed by atoms with Crippen molar-refractivity contribution in [2.24, 2.45) is 0 Å². The highest BCUT2D eigenvalue weighted by molar-refractivity contribution is 5.79. The van der Waals surface area contributed by atoms with Crippen LogP contribution in [0, 0.1) is 12.3 Å². The Hall–Kier alpha value is -1.79. The van der Waals surface area contributed by atoms with E-state index in [1.54, 1.807) is 18.2 Å². The van der Waals surface area contributed by atoms with Gasteiger partial charge in [-0.15, -0.1) is 12.3 Å². The Morgan fingerprint density at radius 3 is 2.43 bits per heavy atom. The van der Waals surface area contributed by atoms with E-state index in [-0.39, 0.29) is 6.42 Å². The molecule has 0 amide bonds. The summed E-state index contributed by atoms with van der Waals surface area (Å²) in [6.07, 6.45) is 4.77. The summed E-state index contributed by atoms with van der Waals surface area (Å²) in [5.74, 6) is 0.825. The van der Waals surface area contributed by atoms with Crippen LogP contribution in [-0.2, 0) is 10.4 Å². The minimum absolute atomic E-state index is 0.244. The van der Waals surface area contributed by atoms with Gasteiger partial charge in [-0.2, -0.15) is 0 Å². The minimum atomic E-state index is -1.98. The van der Waals surface area contributed by atoms with Crippen LogP contribution < -0.4 is 0 Å². The van der Waals surface area contributed by atoms with Gasteiger partial charge in [0.25, 0.3) is 0 Å². The second-order valence-electron chi connectivity index (χ2n) is 2.91. The zero-order chi connectivity index (χ0) is 10.6. The molecule has 3 nitrogen and oxygen atoms in total. The monoisotopic (exact) mass is 190 g/mol. The fraction of sp³-hybridized carbons (Fsp3) is 0.182. The molecule has 0 aliphatic heterocycles. The van der Waals surface area contributed by atoms with Gasteiger partial charge in [-0.3, -0.25) is 0 Å². The summed E-state index contributed by atoms with van der Waals surface area (Å²) < 4.78 is 0. The Balaban J connectivity index is 3.14. The molecule has 1 aromatic carbocycles. The van der Waals surface area contributed by atoms with E-state index in [9.17, 15) is 9.90 Å². The topological polar surface area (TPSA) is 57.5 Å². The molecular weight excluding hydrogens is 180 g/mol. The average Bonchev–Trinajstić information content (AvgIpc) is 2.19. The maximum Gasteiger partial charge on any atom is 0.341 e. The largest absolute Gasteiger partial charge is 0.479 e. The molecule has 0 aliphatic rings. The number of terminal acetylenes is 1. The van der Waals surface area contributed by atoms with Crippen molar-refractivity contribution < 1.29 is 15.0 Å². The predicted octanol–water partition coefficient (Wildman–Crippen LogP) is 0.982. The van der Waals surface area contributed by atoms with Crippen LogP contribution in [0.15, 0.2) is 30.3 Å². The predicted molar refractivity (Wildman–Crippen MR) is 51.4 cm³/mol. The molecule has 0 fully saturated rings. The van der Waals surface area contributed by atoms with E-state index >= 15 is 0 Å². The van der Waals surface area contributed by atoms with Gasteiger partial charge < -0.3 is 10.2 Å². The van der Waals surface area contributed by atoms with Crippen molar-refractivity contribution in [2.75, 3.05) is 0 Å². The van der Waals surface area contributed by atoms with Crippen molar-refractivity contribution in [3.8, 4) is 12.3 Å². The van der Waals surface area contributed by atoms with Gasteiger partial charge in [0.2, 0.25) is 0 Å². The van der Waals surface area contributed by atoms with Crippen molar-refractivity contribution in [3.05, 3.63) is 35.9 Å². The van der Waals surface area contributed by atoms with Gasteiger partial charge in [0.05, 0.1) is 6.42 Å². The number of carboxylic acid groups (broad SMARTS) is 1. The molecule has 0 spiro atoms. The Bertz CT molecular complexity index is 364. The fourth-order valence-corrected chi connectivity index (χ4v) is 1.16. The third-order valence-electron chi connectivity index (χ3n) is 1.96. The summed E-state index contributed by atoms with van der Waals surface area (Å²) in [6.45, 7) is 0. The van der Waals surface area contributed by atoms with E-state index in [0.717, 1.165) is 0 Å². The van der Waals surface area contributed by atoms with E-state index in [4.69, 9.17) is 11.5 Å². The Morgan fingerprint density at radius 1 is 1.43 bits per heavy atom. The highest BCUT2D eigenvalue weighted by Crippen LogP contribution is 2.24. The Labute approximate surface area is 82.0 Å². The lowest BCUT2D eigenvalue weighted by Crippen LogP contribution is -2.35. The molecule has 0 bridgehead atoms. The Morgan fingerprint density at radius 2 is 2.00 bits per heavy atom. The molecule has 1 rings (SSSR count). The van der Waals surface area contributed by atoms with Crippen LogP contribution in [0.25, 0.3) is 0 Å². The molecule has 1 aromatic rings. The van der Waals surface area contributed by atoms with Gasteiger partial charge in [0.15, 0.2) is 5.60 Å². The summed E-state index contributed by atoms with van der Waals surface area (Å²) in [6, 6.07) is 8.11. The van der Waals surface area contributed by atoms with Gasteiger partial charge in [-0.25, -0.2) is 4.79 Å². The standard InChI is InChI=1S/C11H10O3/c1-2-8-11(14,10(12)13)9-6-4-3-5-7-9/h1,3-7,14H,8H2,(H,12,13)/t11-/m0/s1. The SMILES string of the molecule is C#CC[C@@](O)(C(=O)O)c1ccccc1. The van der Waals surface area contributed by atoms with Gasteiger partial charge in [0.1, 0.15) is 0 Å². The maximum atomic E-state index is 10.9. The van der Waals surface area contributed by atoms with Crippen LogP contribution in [0.1, 0.15) is 12.0 Å². The highest BCUT2D eigenvalue weighted by Gasteiger charge is 2.36. The number of carboxylic acids is 1. The van der Waals surface area contributed by atoms with E-state index in [1.807, 2.05) is 0 Å². The van der Waals surface area contributed by atoms with Gasteiger partial charge in [-0.1, -0.05) is 30.3 Å². The first-order chi connectivity index (χ1) is 6.61. The second-order valence-corrected chi connectivity index (χ2v) is 2.91. The van der Waals surface area contributed by atoms with E-state index in [0.29, 0.717) is 5.56 Å². The van der Waals surface area contributed by atoms with Crippen molar-refractivity contribution in [1.82, 2.24) is 0 Å². The Kier molecular flexibility index (Phi) is 2.90. The second kappa shape index (κ2) is 3.95. The van der Waals surface area contributed by atoms with Crippen LogP contribution in [0.5, 0.6) is 0 Å². The van der Waals surface area contributed by atoms with Crippen LogP contribution in [0.2, 0.25) is 0 Å². The number of aliphatic hydroxyl groups is 1. The van der Waals surface area contributed by atoms with E-state index in [2.05, 4.69) is 5.92 Å². The minimum Gasteiger partial charge on any atom is -0.479 e. The van der Waals surface area contributed by atoms with Crippen LogP contribution in [0.3, 0.4) is 0 Å². The summed E-state index contributed by atoms with van der Waals surface area (Å²) >= 11 is 0. The number of hydrogen-bond donors (Lipinski definition) is 2. The molecule has 0 unspecified atom stereocenters. The van der Waals surface area contributed by atoms with Crippen molar-refractivity contribution in [1.29, 1.82) is 0 Å². The van der Waals surface area contributed by atoms with E-state index < -0.39 is 11.6 Å². The normalized spacial score (nSPS) is 14.0. The molecule has 2 N–H and O–H groups in total. The summed E-state index contributed by atoms with van der Waals surface area (Å²) in [5.41, 5.74) is -1.68.